The Hall–Kier alpha value is -1.55. The van der Waals surface area contributed by atoms with Gasteiger partial charge in [-0.25, -0.2) is 0 Å². The Bertz CT molecular complexity index is 456. The quantitative estimate of drug-likeness (QED) is 0.806. The molecule has 0 aliphatic carbocycles. The first-order chi connectivity index (χ1) is 9.39. The number of hydrogen-bond donors (Lipinski definition) is 2. The van der Waals surface area contributed by atoms with Gasteiger partial charge in [0, 0.05) is 24.9 Å². The van der Waals surface area contributed by atoms with Crippen molar-refractivity contribution >= 4 is 11.6 Å². The average molecular weight is 278 g/mol. The van der Waals surface area contributed by atoms with Crippen LogP contribution in [0.5, 0.6) is 0 Å². The van der Waals surface area contributed by atoms with Gasteiger partial charge < -0.3 is 15.4 Å². The summed E-state index contributed by atoms with van der Waals surface area (Å²) in [6, 6.07) is 5.82. The molecule has 20 heavy (non-hydrogen) atoms. The largest absolute Gasteiger partial charge is 0.385 e. The second-order valence-corrected chi connectivity index (χ2v) is 5.73. The molecule has 4 nitrogen and oxygen atoms in total. The van der Waals surface area contributed by atoms with Crippen molar-refractivity contribution in [3.63, 3.8) is 0 Å². The van der Waals surface area contributed by atoms with Crippen molar-refractivity contribution in [3.05, 3.63) is 29.3 Å². The Kier molecular flexibility index (Phi) is 6.02. The molecular formula is C16H26N2O2. The Morgan fingerprint density at radius 1 is 1.35 bits per heavy atom. The van der Waals surface area contributed by atoms with Crippen molar-refractivity contribution in [1.29, 1.82) is 0 Å². The van der Waals surface area contributed by atoms with Crippen LogP contribution in [0.4, 0.5) is 5.69 Å². The number of rotatable bonds is 7. The highest BCUT2D eigenvalue weighted by atomic mass is 16.5. The van der Waals surface area contributed by atoms with E-state index in [1.165, 1.54) is 0 Å². The van der Waals surface area contributed by atoms with E-state index < -0.39 is 0 Å². The summed E-state index contributed by atoms with van der Waals surface area (Å²) in [5.41, 5.74) is 2.35. The smallest absolute Gasteiger partial charge is 0.252 e. The van der Waals surface area contributed by atoms with Crippen LogP contribution >= 0.6 is 0 Å². The number of nitrogens with one attached hydrogen (secondary N) is 2. The average Bonchev–Trinajstić information content (AvgIpc) is 2.35. The first kappa shape index (κ1) is 16.5. The molecule has 0 atom stereocenters. The zero-order valence-electron chi connectivity index (χ0n) is 13.2. The molecule has 0 unspecified atom stereocenters. The van der Waals surface area contributed by atoms with Crippen LogP contribution in [0.15, 0.2) is 18.2 Å². The Morgan fingerprint density at radius 3 is 2.60 bits per heavy atom. The number of carbonyl (C=O) groups excluding carboxylic acids is 1. The Balaban J connectivity index is 2.78. The molecule has 4 heteroatoms. The SMILES string of the molecule is CCCNc1ccc(C(=O)NC(C)(C)COC)c(C)c1. The van der Waals surface area contributed by atoms with Gasteiger partial charge in [-0.1, -0.05) is 6.92 Å². The standard InChI is InChI=1S/C16H26N2O2/c1-6-9-17-13-7-8-14(12(2)10-13)15(19)18-16(3,4)11-20-5/h7-8,10,17H,6,9,11H2,1-5H3,(H,18,19). The Morgan fingerprint density at radius 2 is 2.05 bits per heavy atom. The minimum Gasteiger partial charge on any atom is -0.385 e. The molecule has 0 fully saturated rings. The van der Waals surface area contributed by atoms with Gasteiger partial charge >= 0.3 is 0 Å². The lowest BCUT2D eigenvalue weighted by atomic mass is 10.0. The second-order valence-electron chi connectivity index (χ2n) is 5.73. The zero-order valence-corrected chi connectivity index (χ0v) is 13.2. The molecule has 1 rings (SSSR count). The highest BCUT2D eigenvalue weighted by Crippen LogP contribution is 2.16. The minimum atomic E-state index is -0.378. The maximum Gasteiger partial charge on any atom is 0.252 e. The van der Waals surface area contributed by atoms with Crippen LogP contribution < -0.4 is 10.6 Å². The molecule has 0 spiro atoms. The fraction of sp³-hybridized carbons (Fsp3) is 0.562. The molecule has 0 aliphatic heterocycles. The Labute approximate surface area is 121 Å². The molecule has 0 radical (unpaired) electrons. The molecular weight excluding hydrogens is 252 g/mol. The van der Waals surface area contributed by atoms with Gasteiger partial charge in [-0.15, -0.1) is 0 Å². The van der Waals surface area contributed by atoms with E-state index in [2.05, 4.69) is 17.6 Å². The number of ether oxygens (including phenoxy) is 1. The lowest BCUT2D eigenvalue weighted by Crippen LogP contribution is -2.46. The molecule has 112 valence electrons. The van der Waals surface area contributed by atoms with Gasteiger partial charge in [0.2, 0.25) is 0 Å². The summed E-state index contributed by atoms with van der Waals surface area (Å²) >= 11 is 0. The van der Waals surface area contributed by atoms with E-state index in [-0.39, 0.29) is 11.4 Å². The maximum absolute atomic E-state index is 12.3. The lowest BCUT2D eigenvalue weighted by molar-refractivity contribution is 0.0819. The molecule has 1 aromatic rings. The van der Waals surface area contributed by atoms with E-state index in [1.54, 1.807) is 7.11 Å². The van der Waals surface area contributed by atoms with Gasteiger partial charge in [0.05, 0.1) is 12.1 Å². The van der Waals surface area contributed by atoms with Gasteiger partial charge in [-0.2, -0.15) is 0 Å². The summed E-state index contributed by atoms with van der Waals surface area (Å²) in [7, 11) is 1.63. The molecule has 2 N–H and O–H groups in total. The number of anilines is 1. The van der Waals surface area contributed by atoms with Crippen molar-refractivity contribution in [2.75, 3.05) is 25.6 Å². The molecule has 0 saturated carbocycles. The summed E-state index contributed by atoms with van der Waals surface area (Å²) in [4.78, 5) is 12.3. The minimum absolute atomic E-state index is 0.0633. The predicted octanol–water partition coefficient (Wildman–Crippen LogP) is 2.97. The van der Waals surface area contributed by atoms with Crippen LogP contribution in [0.1, 0.15) is 43.1 Å². The molecule has 1 amide bonds. The van der Waals surface area contributed by atoms with Crippen molar-refractivity contribution in [2.24, 2.45) is 0 Å². The second kappa shape index (κ2) is 7.29. The van der Waals surface area contributed by atoms with Crippen LogP contribution in [0, 0.1) is 6.92 Å². The summed E-state index contributed by atoms with van der Waals surface area (Å²) < 4.78 is 5.11. The molecule has 0 bridgehead atoms. The maximum atomic E-state index is 12.3. The number of carbonyl (C=O) groups is 1. The number of amides is 1. The van der Waals surface area contributed by atoms with Crippen LogP contribution in [-0.2, 0) is 4.74 Å². The van der Waals surface area contributed by atoms with Gasteiger partial charge in [0.25, 0.3) is 5.91 Å². The van der Waals surface area contributed by atoms with E-state index in [0.717, 1.165) is 24.2 Å². The third kappa shape index (κ3) is 4.85. The van der Waals surface area contributed by atoms with E-state index >= 15 is 0 Å². The van der Waals surface area contributed by atoms with Crippen molar-refractivity contribution in [1.82, 2.24) is 5.32 Å². The zero-order chi connectivity index (χ0) is 15.2. The lowest BCUT2D eigenvalue weighted by Gasteiger charge is -2.25. The monoisotopic (exact) mass is 278 g/mol. The molecule has 0 aliphatic rings. The normalized spacial score (nSPS) is 11.2. The number of hydrogen-bond acceptors (Lipinski definition) is 3. The fourth-order valence-electron chi connectivity index (χ4n) is 2.07. The van der Waals surface area contributed by atoms with E-state index in [1.807, 2.05) is 39.0 Å². The highest BCUT2D eigenvalue weighted by molar-refractivity contribution is 5.96. The molecule has 0 heterocycles. The van der Waals surface area contributed by atoms with E-state index in [4.69, 9.17) is 4.74 Å². The first-order valence-corrected chi connectivity index (χ1v) is 7.05. The van der Waals surface area contributed by atoms with Crippen LogP contribution in [0.2, 0.25) is 0 Å². The summed E-state index contributed by atoms with van der Waals surface area (Å²) in [5, 5.41) is 6.31. The summed E-state index contributed by atoms with van der Waals surface area (Å²) in [6.07, 6.45) is 1.08. The van der Waals surface area contributed by atoms with Gasteiger partial charge in [-0.3, -0.25) is 4.79 Å². The van der Waals surface area contributed by atoms with Crippen molar-refractivity contribution < 1.29 is 9.53 Å². The third-order valence-electron chi connectivity index (χ3n) is 3.01. The van der Waals surface area contributed by atoms with E-state index in [9.17, 15) is 4.79 Å². The van der Waals surface area contributed by atoms with Gasteiger partial charge in [0.1, 0.15) is 0 Å². The topological polar surface area (TPSA) is 50.4 Å². The van der Waals surface area contributed by atoms with Crippen LogP contribution in [0.25, 0.3) is 0 Å². The number of benzene rings is 1. The van der Waals surface area contributed by atoms with Crippen LogP contribution in [0.3, 0.4) is 0 Å². The van der Waals surface area contributed by atoms with Gasteiger partial charge in [-0.05, 0) is 51.0 Å². The molecule has 0 saturated heterocycles. The highest BCUT2D eigenvalue weighted by Gasteiger charge is 2.21. The summed E-state index contributed by atoms with van der Waals surface area (Å²) in [6.45, 7) is 9.39. The van der Waals surface area contributed by atoms with E-state index in [0.29, 0.717) is 12.2 Å². The molecule has 0 aromatic heterocycles. The number of methoxy groups -OCH3 is 1. The first-order valence-electron chi connectivity index (χ1n) is 7.05. The third-order valence-corrected chi connectivity index (χ3v) is 3.01. The van der Waals surface area contributed by atoms with Crippen LogP contribution in [-0.4, -0.2) is 31.7 Å². The predicted molar refractivity (Wildman–Crippen MR) is 83.4 cm³/mol. The number of aryl methyl sites for hydroxylation is 1. The summed E-state index contributed by atoms with van der Waals surface area (Å²) in [5.74, 6) is -0.0633. The fourth-order valence-corrected chi connectivity index (χ4v) is 2.07. The van der Waals surface area contributed by atoms with Crippen molar-refractivity contribution in [2.45, 2.75) is 39.7 Å². The van der Waals surface area contributed by atoms with Crippen molar-refractivity contribution in [3.8, 4) is 0 Å². The van der Waals surface area contributed by atoms with Gasteiger partial charge in [0.15, 0.2) is 0 Å². The molecule has 1 aromatic carbocycles.